The molecule has 2 atom stereocenters. The molecule has 2 aliphatic rings. The summed E-state index contributed by atoms with van der Waals surface area (Å²) in [5.74, 6) is 0.0783. The number of hydrogen-bond acceptors (Lipinski definition) is 3. The van der Waals surface area contributed by atoms with E-state index in [1.54, 1.807) is 6.07 Å². The number of anilines is 1. The van der Waals surface area contributed by atoms with Crippen LogP contribution in [0.3, 0.4) is 0 Å². The molecule has 2 aliphatic heterocycles. The van der Waals surface area contributed by atoms with Crippen LogP contribution in [-0.4, -0.2) is 42.0 Å². The van der Waals surface area contributed by atoms with Crippen molar-refractivity contribution < 1.29 is 14.3 Å². The highest BCUT2D eigenvalue weighted by Gasteiger charge is 2.28. The van der Waals surface area contributed by atoms with Crippen molar-refractivity contribution in [3.05, 3.63) is 29.3 Å². The summed E-state index contributed by atoms with van der Waals surface area (Å²) < 4.78 is 5.57. The Morgan fingerprint density at radius 2 is 2.14 bits per heavy atom. The normalized spacial score (nSPS) is 25.2. The van der Waals surface area contributed by atoms with E-state index in [1.807, 2.05) is 30.9 Å². The molecule has 1 aromatic carbocycles. The van der Waals surface area contributed by atoms with Crippen molar-refractivity contribution in [2.45, 2.75) is 38.8 Å². The molecule has 0 aliphatic carbocycles. The van der Waals surface area contributed by atoms with E-state index in [4.69, 9.17) is 4.74 Å². The molecule has 1 N–H and O–H groups in total. The lowest BCUT2D eigenvalue weighted by atomic mass is 9.99. The monoisotopic (exact) mass is 288 g/mol. The van der Waals surface area contributed by atoms with Gasteiger partial charge in [-0.05, 0) is 44.0 Å². The van der Waals surface area contributed by atoms with Crippen molar-refractivity contribution in [2.75, 3.05) is 18.5 Å². The molecule has 0 aromatic heterocycles. The number of nitrogens with one attached hydrogen (secondary N) is 1. The summed E-state index contributed by atoms with van der Waals surface area (Å²) in [5, 5.41) is 2.84. The van der Waals surface area contributed by atoms with E-state index in [9.17, 15) is 9.59 Å². The molecule has 0 bridgehead atoms. The second kappa shape index (κ2) is 5.48. The maximum Gasteiger partial charge on any atom is 0.254 e. The van der Waals surface area contributed by atoms with E-state index in [2.05, 4.69) is 5.32 Å². The molecule has 1 aromatic rings. The first kappa shape index (κ1) is 14.1. The number of rotatable bonds is 1. The maximum absolute atomic E-state index is 12.7. The zero-order chi connectivity index (χ0) is 15.0. The van der Waals surface area contributed by atoms with Crippen LogP contribution in [0, 0.1) is 0 Å². The molecule has 0 unspecified atom stereocenters. The Kier molecular flexibility index (Phi) is 3.68. The number of hydrogen-bond donors (Lipinski definition) is 1. The largest absolute Gasteiger partial charge is 0.375 e. The SMILES string of the molecule is C[C@H]1CN(C(=O)c2ccc3c(c2)CCC(=O)N3)[C@@H](C)CO1. The Morgan fingerprint density at radius 1 is 1.33 bits per heavy atom. The van der Waals surface area contributed by atoms with Crippen LogP contribution >= 0.6 is 0 Å². The fraction of sp³-hybridized carbons (Fsp3) is 0.500. The number of morpholine rings is 1. The smallest absolute Gasteiger partial charge is 0.254 e. The Balaban J connectivity index is 1.83. The second-order valence-corrected chi connectivity index (χ2v) is 5.87. The quantitative estimate of drug-likeness (QED) is 0.857. The molecule has 21 heavy (non-hydrogen) atoms. The van der Waals surface area contributed by atoms with Gasteiger partial charge < -0.3 is 15.0 Å². The molecule has 1 fully saturated rings. The van der Waals surface area contributed by atoms with Crippen LogP contribution in [0.1, 0.15) is 36.2 Å². The molecule has 0 saturated carbocycles. The number of fused-ring (bicyclic) bond motifs is 1. The van der Waals surface area contributed by atoms with Gasteiger partial charge in [-0.25, -0.2) is 0 Å². The zero-order valence-electron chi connectivity index (χ0n) is 12.4. The molecule has 3 rings (SSSR count). The average molecular weight is 288 g/mol. The first-order valence-corrected chi connectivity index (χ1v) is 7.40. The van der Waals surface area contributed by atoms with E-state index in [0.717, 1.165) is 11.3 Å². The lowest BCUT2D eigenvalue weighted by Crippen LogP contribution is -2.50. The van der Waals surface area contributed by atoms with E-state index >= 15 is 0 Å². The fourth-order valence-electron chi connectivity index (χ4n) is 2.87. The number of carbonyl (C=O) groups is 2. The third-order valence-corrected chi connectivity index (χ3v) is 4.12. The van der Waals surface area contributed by atoms with E-state index in [0.29, 0.717) is 31.6 Å². The van der Waals surface area contributed by atoms with Crippen molar-refractivity contribution in [3.63, 3.8) is 0 Å². The number of ether oxygens (including phenoxy) is 1. The van der Waals surface area contributed by atoms with Crippen LogP contribution in [0.4, 0.5) is 5.69 Å². The molecule has 1 saturated heterocycles. The molecular formula is C16H20N2O3. The Hall–Kier alpha value is -1.88. The topological polar surface area (TPSA) is 58.6 Å². The van der Waals surface area contributed by atoms with Gasteiger partial charge >= 0.3 is 0 Å². The lowest BCUT2D eigenvalue weighted by molar-refractivity contribution is -0.116. The van der Waals surface area contributed by atoms with Crippen LogP contribution < -0.4 is 5.32 Å². The van der Waals surface area contributed by atoms with E-state index in [1.165, 1.54) is 0 Å². The van der Waals surface area contributed by atoms with Crippen molar-refractivity contribution in [1.82, 2.24) is 4.90 Å². The summed E-state index contributed by atoms with van der Waals surface area (Å²) in [5.41, 5.74) is 2.55. The van der Waals surface area contributed by atoms with E-state index < -0.39 is 0 Å². The van der Waals surface area contributed by atoms with Crippen molar-refractivity contribution in [3.8, 4) is 0 Å². The highest BCUT2D eigenvalue weighted by Crippen LogP contribution is 2.25. The summed E-state index contributed by atoms with van der Waals surface area (Å²) in [6.07, 6.45) is 1.24. The highest BCUT2D eigenvalue weighted by molar-refractivity contribution is 5.98. The van der Waals surface area contributed by atoms with Gasteiger partial charge in [-0.2, -0.15) is 0 Å². The summed E-state index contributed by atoms with van der Waals surface area (Å²) in [6, 6.07) is 5.61. The molecule has 2 heterocycles. The van der Waals surface area contributed by atoms with Gasteiger partial charge in [0.1, 0.15) is 0 Å². The number of benzene rings is 1. The van der Waals surface area contributed by atoms with Gasteiger partial charge in [0.25, 0.3) is 5.91 Å². The first-order chi connectivity index (χ1) is 10.0. The number of aryl methyl sites for hydroxylation is 1. The first-order valence-electron chi connectivity index (χ1n) is 7.40. The lowest BCUT2D eigenvalue weighted by Gasteiger charge is -2.37. The molecule has 2 amide bonds. The number of carbonyl (C=O) groups excluding carboxylic acids is 2. The summed E-state index contributed by atoms with van der Waals surface area (Å²) in [6.45, 7) is 5.18. The molecule has 0 radical (unpaired) electrons. The van der Waals surface area contributed by atoms with Gasteiger partial charge in [0.05, 0.1) is 18.8 Å². The molecule has 5 heteroatoms. The van der Waals surface area contributed by atoms with Crippen LogP contribution in [0.25, 0.3) is 0 Å². The van der Waals surface area contributed by atoms with Gasteiger partial charge in [0.2, 0.25) is 5.91 Å². The van der Waals surface area contributed by atoms with Crippen molar-refractivity contribution in [2.24, 2.45) is 0 Å². The molecule has 112 valence electrons. The van der Waals surface area contributed by atoms with Crippen LogP contribution in [0.15, 0.2) is 18.2 Å². The van der Waals surface area contributed by atoms with Crippen LogP contribution in [-0.2, 0) is 16.0 Å². The average Bonchev–Trinajstić information content (AvgIpc) is 2.48. The second-order valence-electron chi connectivity index (χ2n) is 5.87. The highest BCUT2D eigenvalue weighted by atomic mass is 16.5. The van der Waals surface area contributed by atoms with Gasteiger partial charge in [-0.3, -0.25) is 9.59 Å². The van der Waals surface area contributed by atoms with Gasteiger partial charge in [-0.15, -0.1) is 0 Å². The minimum atomic E-state index is 0.0391. The predicted molar refractivity (Wildman–Crippen MR) is 79.3 cm³/mol. The molecule has 5 nitrogen and oxygen atoms in total. The Morgan fingerprint density at radius 3 is 2.95 bits per heavy atom. The van der Waals surface area contributed by atoms with Crippen molar-refractivity contribution >= 4 is 17.5 Å². The number of nitrogens with zero attached hydrogens (tertiary/aromatic N) is 1. The number of amides is 2. The minimum absolute atomic E-state index is 0.0391. The third kappa shape index (κ3) is 2.78. The summed E-state index contributed by atoms with van der Waals surface area (Å²) >= 11 is 0. The van der Waals surface area contributed by atoms with Crippen LogP contribution in [0.2, 0.25) is 0 Å². The van der Waals surface area contributed by atoms with Crippen LogP contribution in [0.5, 0.6) is 0 Å². The molecule has 0 spiro atoms. The van der Waals surface area contributed by atoms with Gasteiger partial charge in [0.15, 0.2) is 0 Å². The molecular weight excluding hydrogens is 268 g/mol. The fourth-order valence-corrected chi connectivity index (χ4v) is 2.87. The predicted octanol–water partition coefficient (Wildman–Crippen LogP) is 1.82. The minimum Gasteiger partial charge on any atom is -0.375 e. The van der Waals surface area contributed by atoms with Gasteiger partial charge in [0, 0.05) is 24.2 Å². The Labute approximate surface area is 124 Å². The van der Waals surface area contributed by atoms with Crippen molar-refractivity contribution in [1.29, 1.82) is 0 Å². The standard InChI is InChI=1S/C16H20N2O3/c1-10-9-21-11(2)8-18(10)16(20)13-3-5-14-12(7-13)4-6-15(19)17-14/h3,5,7,10-11H,4,6,8-9H2,1-2H3,(H,17,19)/t10-,11-/m0/s1. The van der Waals surface area contributed by atoms with E-state index in [-0.39, 0.29) is 24.0 Å². The summed E-state index contributed by atoms with van der Waals surface area (Å²) in [4.78, 5) is 25.9. The maximum atomic E-state index is 12.7. The Bertz CT molecular complexity index is 585. The summed E-state index contributed by atoms with van der Waals surface area (Å²) in [7, 11) is 0. The zero-order valence-corrected chi connectivity index (χ0v) is 12.4. The van der Waals surface area contributed by atoms with Gasteiger partial charge in [-0.1, -0.05) is 0 Å². The third-order valence-electron chi connectivity index (χ3n) is 4.12.